The van der Waals surface area contributed by atoms with Crippen molar-refractivity contribution in [3.8, 4) is 11.4 Å². The quantitative estimate of drug-likeness (QED) is 0.770. The van der Waals surface area contributed by atoms with Crippen LogP contribution in [-0.4, -0.2) is 38.5 Å². The summed E-state index contributed by atoms with van der Waals surface area (Å²) in [4.78, 5) is 13.3. The summed E-state index contributed by atoms with van der Waals surface area (Å²) in [6.45, 7) is 3.69. The minimum Gasteiger partial charge on any atom is -0.368 e. The molecule has 0 unspecified atom stereocenters. The van der Waals surface area contributed by atoms with Crippen LogP contribution in [0.1, 0.15) is 11.3 Å². The molecule has 3 aromatic rings. The molecule has 0 bridgehead atoms. The number of aliphatic imine (C=N–C) groups is 1. The van der Waals surface area contributed by atoms with Crippen LogP contribution < -0.4 is 5.32 Å². The molecule has 0 atom stereocenters. The largest absolute Gasteiger partial charge is 0.368 e. The lowest BCUT2D eigenvalue weighted by atomic mass is 10.2. The zero-order valence-electron chi connectivity index (χ0n) is 11.6. The topological polar surface area (TPSA) is 67.5 Å². The van der Waals surface area contributed by atoms with Gasteiger partial charge in [-0.05, 0) is 31.2 Å². The van der Waals surface area contributed by atoms with E-state index < -0.39 is 0 Å². The summed E-state index contributed by atoms with van der Waals surface area (Å²) in [6.07, 6.45) is 3.52. The van der Waals surface area contributed by atoms with Crippen molar-refractivity contribution in [2.24, 2.45) is 4.99 Å². The van der Waals surface area contributed by atoms with Crippen LogP contribution in [0.25, 0.3) is 17.0 Å². The van der Waals surface area contributed by atoms with Gasteiger partial charge in [-0.2, -0.15) is 0 Å². The second-order valence-electron chi connectivity index (χ2n) is 4.96. The summed E-state index contributed by atoms with van der Waals surface area (Å²) in [7, 11) is 0. The Hall–Kier alpha value is -2.76. The standard InChI is InChI=1S/C15H14N6/c1-10-4-5-12(14-17-7-8-18-14)15-19-13(20-21(10)15)11-3-2-6-16-9-11/h2-6,9H,7-8H2,1H3,(H,17,18). The van der Waals surface area contributed by atoms with Crippen molar-refractivity contribution in [1.29, 1.82) is 0 Å². The number of aromatic nitrogens is 4. The van der Waals surface area contributed by atoms with Crippen LogP contribution in [0.5, 0.6) is 0 Å². The highest BCUT2D eigenvalue weighted by Crippen LogP contribution is 2.19. The van der Waals surface area contributed by atoms with Crippen molar-refractivity contribution in [2.75, 3.05) is 13.1 Å². The molecule has 1 N–H and O–H groups in total. The molecule has 0 aromatic carbocycles. The molecule has 4 rings (SSSR count). The van der Waals surface area contributed by atoms with Gasteiger partial charge < -0.3 is 5.32 Å². The number of pyridine rings is 2. The Morgan fingerprint density at radius 1 is 1.24 bits per heavy atom. The van der Waals surface area contributed by atoms with Gasteiger partial charge in [0.05, 0.1) is 12.1 Å². The number of nitrogens with one attached hydrogen (secondary N) is 1. The Bertz CT molecular complexity index is 834. The summed E-state index contributed by atoms with van der Waals surface area (Å²) in [5.41, 5.74) is 3.76. The van der Waals surface area contributed by atoms with Gasteiger partial charge >= 0.3 is 0 Å². The molecule has 6 heteroatoms. The molecule has 1 aliphatic rings. The number of aryl methyl sites for hydroxylation is 1. The lowest BCUT2D eigenvalue weighted by molar-refractivity contribution is 0.915. The minimum atomic E-state index is 0.678. The molecular formula is C15H14N6. The molecular weight excluding hydrogens is 264 g/mol. The van der Waals surface area contributed by atoms with E-state index in [-0.39, 0.29) is 0 Å². The van der Waals surface area contributed by atoms with Crippen molar-refractivity contribution in [2.45, 2.75) is 6.92 Å². The summed E-state index contributed by atoms with van der Waals surface area (Å²) < 4.78 is 1.86. The van der Waals surface area contributed by atoms with Gasteiger partial charge in [-0.1, -0.05) is 0 Å². The maximum Gasteiger partial charge on any atom is 0.183 e. The number of hydrogen-bond acceptors (Lipinski definition) is 5. The van der Waals surface area contributed by atoms with Gasteiger partial charge in [0.2, 0.25) is 0 Å². The molecule has 0 saturated heterocycles. The fourth-order valence-electron chi connectivity index (χ4n) is 2.46. The molecule has 0 spiro atoms. The molecule has 0 radical (unpaired) electrons. The Balaban J connectivity index is 1.94. The SMILES string of the molecule is Cc1ccc(C2=NCCN2)c2nc(-c3cccnc3)nn12. The van der Waals surface area contributed by atoms with E-state index >= 15 is 0 Å². The Kier molecular flexibility index (Phi) is 2.67. The molecule has 21 heavy (non-hydrogen) atoms. The Labute approximate surface area is 121 Å². The van der Waals surface area contributed by atoms with Crippen LogP contribution in [0.3, 0.4) is 0 Å². The van der Waals surface area contributed by atoms with Crippen LogP contribution in [-0.2, 0) is 0 Å². The summed E-state index contributed by atoms with van der Waals surface area (Å²) in [5.74, 6) is 1.57. The zero-order valence-corrected chi connectivity index (χ0v) is 11.6. The molecule has 1 aliphatic heterocycles. The van der Waals surface area contributed by atoms with E-state index in [1.165, 1.54) is 0 Å². The van der Waals surface area contributed by atoms with Crippen molar-refractivity contribution < 1.29 is 0 Å². The molecule has 6 nitrogen and oxygen atoms in total. The van der Waals surface area contributed by atoms with E-state index in [9.17, 15) is 0 Å². The van der Waals surface area contributed by atoms with Crippen LogP contribution in [0, 0.1) is 6.92 Å². The first-order valence-electron chi connectivity index (χ1n) is 6.88. The lowest BCUT2D eigenvalue weighted by Gasteiger charge is -2.05. The van der Waals surface area contributed by atoms with Crippen LogP contribution in [0.15, 0.2) is 41.7 Å². The molecule has 104 valence electrons. The number of amidine groups is 1. The fourth-order valence-corrected chi connectivity index (χ4v) is 2.46. The van der Waals surface area contributed by atoms with Gasteiger partial charge in [0.25, 0.3) is 0 Å². The van der Waals surface area contributed by atoms with Crippen LogP contribution >= 0.6 is 0 Å². The average Bonchev–Trinajstić information content (AvgIpc) is 3.18. The summed E-state index contributed by atoms with van der Waals surface area (Å²) in [5, 5.41) is 7.89. The molecule has 0 amide bonds. The van der Waals surface area contributed by atoms with Gasteiger partial charge in [-0.25, -0.2) is 9.50 Å². The number of nitrogens with zero attached hydrogens (tertiary/aromatic N) is 5. The highest BCUT2D eigenvalue weighted by atomic mass is 15.3. The van der Waals surface area contributed by atoms with Gasteiger partial charge in [-0.15, -0.1) is 5.10 Å². The number of hydrogen-bond donors (Lipinski definition) is 1. The zero-order chi connectivity index (χ0) is 14.2. The second-order valence-corrected chi connectivity index (χ2v) is 4.96. The second kappa shape index (κ2) is 4.66. The third-order valence-corrected chi connectivity index (χ3v) is 3.52. The monoisotopic (exact) mass is 278 g/mol. The van der Waals surface area contributed by atoms with E-state index in [4.69, 9.17) is 0 Å². The first-order valence-corrected chi connectivity index (χ1v) is 6.88. The van der Waals surface area contributed by atoms with Crippen molar-refractivity contribution >= 4 is 11.5 Å². The Morgan fingerprint density at radius 3 is 2.95 bits per heavy atom. The van der Waals surface area contributed by atoms with Gasteiger partial charge in [0.15, 0.2) is 11.5 Å². The average molecular weight is 278 g/mol. The first kappa shape index (κ1) is 12.0. The lowest BCUT2D eigenvalue weighted by Crippen LogP contribution is -2.20. The maximum atomic E-state index is 4.68. The van der Waals surface area contributed by atoms with Gasteiger partial charge in [-0.3, -0.25) is 9.98 Å². The van der Waals surface area contributed by atoms with Crippen LogP contribution in [0.4, 0.5) is 0 Å². The van der Waals surface area contributed by atoms with E-state index in [1.54, 1.807) is 12.4 Å². The normalized spacial score (nSPS) is 14.2. The Morgan fingerprint density at radius 2 is 2.19 bits per heavy atom. The fraction of sp³-hybridized carbons (Fsp3) is 0.200. The van der Waals surface area contributed by atoms with E-state index in [0.717, 1.165) is 41.4 Å². The van der Waals surface area contributed by atoms with Gasteiger partial charge in [0, 0.05) is 30.2 Å². The van der Waals surface area contributed by atoms with Gasteiger partial charge in [0.1, 0.15) is 5.84 Å². The van der Waals surface area contributed by atoms with Crippen LogP contribution in [0.2, 0.25) is 0 Å². The number of fused-ring (bicyclic) bond motifs is 1. The molecule has 4 heterocycles. The third kappa shape index (κ3) is 1.96. The highest BCUT2D eigenvalue weighted by molar-refractivity contribution is 6.04. The summed E-state index contributed by atoms with van der Waals surface area (Å²) in [6, 6.07) is 7.93. The summed E-state index contributed by atoms with van der Waals surface area (Å²) >= 11 is 0. The van der Waals surface area contributed by atoms with Crippen molar-refractivity contribution in [3.63, 3.8) is 0 Å². The highest BCUT2D eigenvalue weighted by Gasteiger charge is 2.16. The smallest absolute Gasteiger partial charge is 0.183 e. The molecule has 0 fully saturated rings. The minimum absolute atomic E-state index is 0.678. The molecule has 0 aliphatic carbocycles. The number of rotatable bonds is 2. The van der Waals surface area contributed by atoms with E-state index in [1.807, 2.05) is 35.7 Å². The first-order chi connectivity index (χ1) is 10.3. The predicted octanol–water partition coefficient (Wildman–Crippen LogP) is 1.45. The van der Waals surface area contributed by atoms with Crippen molar-refractivity contribution in [1.82, 2.24) is 24.9 Å². The molecule has 3 aromatic heterocycles. The predicted molar refractivity (Wildman–Crippen MR) is 80.4 cm³/mol. The maximum absolute atomic E-state index is 4.68. The van der Waals surface area contributed by atoms with Crippen molar-refractivity contribution in [3.05, 3.63) is 47.9 Å². The van der Waals surface area contributed by atoms with E-state index in [0.29, 0.717) is 5.82 Å². The third-order valence-electron chi connectivity index (χ3n) is 3.52. The molecule has 0 saturated carbocycles. The van der Waals surface area contributed by atoms with E-state index in [2.05, 4.69) is 25.4 Å².